The number of nitrogens with zero attached hydrogens (tertiary/aromatic N) is 3. The molecule has 0 aliphatic carbocycles. The van der Waals surface area contributed by atoms with Gasteiger partial charge in [0.15, 0.2) is 5.82 Å². The molecular weight excluding hydrogens is 655 g/mol. The van der Waals surface area contributed by atoms with Crippen LogP contribution in [0.1, 0.15) is 0 Å². The second-order valence-corrected chi connectivity index (χ2v) is 14.2. The third-order valence-electron chi connectivity index (χ3n) is 10.1. The molecule has 4 nitrogen and oxygen atoms in total. The summed E-state index contributed by atoms with van der Waals surface area (Å²) >= 11 is 1.82. The van der Waals surface area contributed by atoms with Gasteiger partial charge in [0.25, 0.3) is 0 Å². The lowest BCUT2D eigenvalue weighted by molar-refractivity contribution is 0.673. The van der Waals surface area contributed by atoms with Gasteiger partial charge in [-0.15, -0.1) is 11.3 Å². The molecule has 0 amide bonds. The fourth-order valence-corrected chi connectivity index (χ4v) is 8.73. The molecule has 0 bridgehead atoms. The second-order valence-electron chi connectivity index (χ2n) is 13.2. The van der Waals surface area contributed by atoms with E-state index in [-0.39, 0.29) is 0 Å². The van der Waals surface area contributed by atoms with E-state index in [4.69, 9.17) is 19.4 Å². The van der Waals surface area contributed by atoms with Crippen LogP contribution in [0, 0.1) is 0 Å². The van der Waals surface area contributed by atoms with Gasteiger partial charge in [-0.2, -0.15) is 0 Å². The van der Waals surface area contributed by atoms with Gasteiger partial charge in [-0.1, -0.05) is 121 Å². The molecule has 0 saturated carbocycles. The fourth-order valence-electron chi connectivity index (χ4n) is 7.59. The molecule has 0 N–H and O–H groups in total. The highest BCUT2D eigenvalue weighted by Gasteiger charge is 2.19. The van der Waals surface area contributed by atoms with Crippen molar-refractivity contribution in [2.24, 2.45) is 0 Å². The Morgan fingerprint density at radius 2 is 1.04 bits per heavy atom. The number of hydrogen-bond donors (Lipinski definition) is 0. The van der Waals surface area contributed by atoms with Crippen molar-refractivity contribution in [3.63, 3.8) is 0 Å². The Hall–Kier alpha value is -6.69. The Balaban J connectivity index is 1.11. The molecule has 0 aliphatic heterocycles. The van der Waals surface area contributed by atoms with E-state index >= 15 is 0 Å². The van der Waals surface area contributed by atoms with Crippen molar-refractivity contribution in [1.82, 2.24) is 15.0 Å². The molecule has 0 atom stereocenters. The minimum absolute atomic E-state index is 0.654. The Kier molecular flexibility index (Phi) is 6.39. The van der Waals surface area contributed by atoms with E-state index in [1.165, 1.54) is 20.2 Å². The van der Waals surface area contributed by atoms with Gasteiger partial charge in [0.2, 0.25) is 0 Å². The van der Waals surface area contributed by atoms with Crippen molar-refractivity contribution in [2.45, 2.75) is 0 Å². The second kappa shape index (κ2) is 11.4. The molecule has 11 aromatic rings. The predicted octanol–water partition coefficient (Wildman–Crippen LogP) is 13.1. The normalized spacial score (nSPS) is 11.8. The van der Waals surface area contributed by atoms with Crippen LogP contribution in [0.4, 0.5) is 0 Å². The van der Waals surface area contributed by atoms with Gasteiger partial charge < -0.3 is 4.42 Å². The molecule has 0 aliphatic rings. The lowest BCUT2D eigenvalue weighted by atomic mass is 9.98. The maximum absolute atomic E-state index is 6.85. The quantitative estimate of drug-likeness (QED) is 0.174. The van der Waals surface area contributed by atoms with Crippen LogP contribution in [0.15, 0.2) is 168 Å². The summed E-state index contributed by atoms with van der Waals surface area (Å²) in [6.07, 6.45) is 0. The average molecular weight is 682 g/mol. The zero-order chi connectivity index (χ0) is 34.2. The number of aromatic nitrogens is 3. The lowest BCUT2D eigenvalue weighted by Crippen LogP contribution is -1.95. The molecule has 52 heavy (non-hydrogen) atoms. The summed E-state index contributed by atoms with van der Waals surface area (Å²) in [6, 6.07) is 57.1. The predicted molar refractivity (Wildman–Crippen MR) is 217 cm³/mol. The smallest absolute Gasteiger partial charge is 0.160 e. The number of benzene rings is 7. The molecule has 242 valence electrons. The molecule has 7 aromatic carbocycles. The van der Waals surface area contributed by atoms with E-state index < -0.39 is 0 Å². The molecule has 4 heterocycles. The van der Waals surface area contributed by atoms with Crippen LogP contribution in [0.3, 0.4) is 0 Å². The number of thiophene rings is 1. The standard InChI is InChI=1S/C47H27N3OS/c1-3-11-28(12-4-1)39-27-40(30-19-22-34-33-15-8-10-18-42(33)52-43(34)26-30)50-47(49-39)31-20-21-32-35-23-24-37-44(46(35)51-41(32)25-31)36-16-7-9-17-38(36)48-45(37)29-13-5-2-6-14-29/h1-27H. The molecule has 0 fully saturated rings. The molecule has 0 spiro atoms. The average Bonchev–Trinajstić information content (AvgIpc) is 3.78. The number of furan rings is 1. The molecule has 0 radical (unpaired) electrons. The topological polar surface area (TPSA) is 51.8 Å². The largest absolute Gasteiger partial charge is 0.455 e. The van der Waals surface area contributed by atoms with Crippen molar-refractivity contribution in [3.05, 3.63) is 164 Å². The van der Waals surface area contributed by atoms with Gasteiger partial charge in [-0.25, -0.2) is 15.0 Å². The third-order valence-corrected chi connectivity index (χ3v) is 11.2. The summed E-state index contributed by atoms with van der Waals surface area (Å²) in [6.45, 7) is 0. The third kappa shape index (κ3) is 4.57. The van der Waals surface area contributed by atoms with Crippen LogP contribution in [0.2, 0.25) is 0 Å². The highest BCUT2D eigenvalue weighted by Crippen LogP contribution is 2.42. The minimum Gasteiger partial charge on any atom is -0.455 e. The van der Waals surface area contributed by atoms with Crippen LogP contribution in [-0.2, 0) is 0 Å². The summed E-state index contributed by atoms with van der Waals surface area (Å²) in [4.78, 5) is 15.5. The van der Waals surface area contributed by atoms with E-state index in [0.717, 1.165) is 82.9 Å². The summed E-state index contributed by atoms with van der Waals surface area (Å²) in [5, 5.41) is 7.88. The Morgan fingerprint density at radius 1 is 0.404 bits per heavy atom. The summed E-state index contributed by atoms with van der Waals surface area (Å²) < 4.78 is 9.38. The molecule has 5 heteroatoms. The summed E-state index contributed by atoms with van der Waals surface area (Å²) in [5.74, 6) is 0.654. The van der Waals surface area contributed by atoms with E-state index in [9.17, 15) is 0 Å². The Bertz CT molecular complexity index is 3180. The van der Waals surface area contributed by atoms with Crippen LogP contribution >= 0.6 is 11.3 Å². The molecule has 0 unspecified atom stereocenters. The van der Waals surface area contributed by atoms with E-state index in [0.29, 0.717) is 5.82 Å². The van der Waals surface area contributed by atoms with Gasteiger partial charge in [-0.3, -0.25) is 0 Å². The summed E-state index contributed by atoms with van der Waals surface area (Å²) in [7, 11) is 0. The molecule has 0 saturated heterocycles. The van der Waals surface area contributed by atoms with Crippen LogP contribution < -0.4 is 0 Å². The molecule has 4 aromatic heterocycles. The van der Waals surface area contributed by atoms with Gasteiger partial charge in [0, 0.05) is 69.4 Å². The van der Waals surface area contributed by atoms with Gasteiger partial charge in [-0.05, 0) is 42.5 Å². The first-order valence-corrected chi connectivity index (χ1v) is 18.2. The first-order chi connectivity index (χ1) is 25.7. The summed E-state index contributed by atoms with van der Waals surface area (Å²) in [5.41, 5.74) is 9.38. The maximum Gasteiger partial charge on any atom is 0.160 e. The van der Waals surface area contributed by atoms with Crippen molar-refractivity contribution in [2.75, 3.05) is 0 Å². The van der Waals surface area contributed by atoms with Gasteiger partial charge in [0.1, 0.15) is 11.2 Å². The Morgan fingerprint density at radius 3 is 1.88 bits per heavy atom. The molecular formula is C47H27N3OS. The minimum atomic E-state index is 0.654. The van der Waals surface area contributed by atoms with Crippen molar-refractivity contribution in [3.8, 4) is 45.2 Å². The highest BCUT2D eigenvalue weighted by molar-refractivity contribution is 7.25. The zero-order valence-electron chi connectivity index (χ0n) is 27.7. The fraction of sp³-hybridized carbons (Fsp3) is 0. The lowest BCUT2D eigenvalue weighted by Gasteiger charge is -2.10. The first kappa shape index (κ1) is 29.1. The zero-order valence-corrected chi connectivity index (χ0v) is 28.6. The number of rotatable bonds is 4. The van der Waals surface area contributed by atoms with Crippen molar-refractivity contribution < 1.29 is 4.42 Å². The maximum atomic E-state index is 6.85. The number of para-hydroxylation sites is 1. The van der Waals surface area contributed by atoms with Crippen LogP contribution in [0.5, 0.6) is 0 Å². The van der Waals surface area contributed by atoms with Gasteiger partial charge in [0.05, 0.1) is 22.6 Å². The first-order valence-electron chi connectivity index (χ1n) is 17.3. The molecule has 11 rings (SSSR count). The van der Waals surface area contributed by atoms with E-state index in [2.05, 4.69) is 133 Å². The Labute approximate surface area is 302 Å². The number of fused-ring (bicyclic) bond motifs is 10. The van der Waals surface area contributed by atoms with Crippen LogP contribution in [0.25, 0.3) is 109 Å². The number of hydrogen-bond acceptors (Lipinski definition) is 5. The highest BCUT2D eigenvalue weighted by atomic mass is 32.1. The van der Waals surface area contributed by atoms with Crippen LogP contribution in [-0.4, -0.2) is 15.0 Å². The van der Waals surface area contributed by atoms with Crippen molar-refractivity contribution >= 4 is 75.1 Å². The monoisotopic (exact) mass is 681 g/mol. The van der Waals surface area contributed by atoms with Gasteiger partial charge >= 0.3 is 0 Å². The van der Waals surface area contributed by atoms with E-state index in [1.807, 2.05) is 41.7 Å². The number of pyridine rings is 1. The van der Waals surface area contributed by atoms with E-state index in [1.54, 1.807) is 0 Å². The SMILES string of the molecule is c1ccc(-c2cc(-c3ccc4c(c3)sc3ccccc34)nc(-c3ccc4c(c3)oc3c4ccc4c(-c5ccccc5)nc5ccccc5c43)n2)cc1. The van der Waals surface area contributed by atoms with Crippen molar-refractivity contribution in [1.29, 1.82) is 0 Å².